The second-order valence-corrected chi connectivity index (χ2v) is 4.54. The van der Waals surface area contributed by atoms with Gasteiger partial charge in [-0.1, -0.05) is 12.1 Å². The van der Waals surface area contributed by atoms with Crippen LogP contribution in [-0.4, -0.2) is 11.8 Å². The summed E-state index contributed by atoms with van der Waals surface area (Å²) >= 11 is 0. The summed E-state index contributed by atoms with van der Waals surface area (Å²) in [5.74, 6) is 1.64. The van der Waals surface area contributed by atoms with Gasteiger partial charge in [0.25, 0.3) is 0 Å². The summed E-state index contributed by atoms with van der Waals surface area (Å²) < 4.78 is 10.7. The van der Waals surface area contributed by atoms with Gasteiger partial charge in [-0.2, -0.15) is 0 Å². The van der Waals surface area contributed by atoms with E-state index in [-0.39, 0.29) is 6.04 Å². The van der Waals surface area contributed by atoms with E-state index in [1.165, 1.54) is 5.56 Å². The normalized spacial score (nSPS) is 14.4. The Kier molecular flexibility index (Phi) is 3.33. The van der Waals surface area contributed by atoms with Crippen LogP contribution in [0.2, 0.25) is 0 Å². The molecule has 98 valence electrons. The van der Waals surface area contributed by atoms with E-state index < -0.39 is 0 Å². The van der Waals surface area contributed by atoms with E-state index in [2.05, 4.69) is 17.2 Å². The van der Waals surface area contributed by atoms with E-state index in [9.17, 15) is 0 Å². The summed E-state index contributed by atoms with van der Waals surface area (Å²) in [4.78, 5) is 4.34. The van der Waals surface area contributed by atoms with Crippen molar-refractivity contribution >= 4 is 0 Å². The van der Waals surface area contributed by atoms with Crippen molar-refractivity contribution in [2.75, 3.05) is 6.79 Å². The first kappa shape index (κ1) is 12.0. The van der Waals surface area contributed by atoms with Crippen LogP contribution in [0.3, 0.4) is 0 Å². The van der Waals surface area contributed by atoms with E-state index in [4.69, 9.17) is 9.47 Å². The van der Waals surface area contributed by atoms with Crippen molar-refractivity contribution in [3.63, 3.8) is 0 Å². The Morgan fingerprint density at radius 2 is 2.11 bits per heavy atom. The molecule has 0 spiro atoms. The van der Waals surface area contributed by atoms with Crippen LogP contribution in [-0.2, 0) is 6.54 Å². The molecule has 0 unspecified atom stereocenters. The van der Waals surface area contributed by atoms with Crippen LogP contribution < -0.4 is 14.8 Å². The van der Waals surface area contributed by atoms with Crippen LogP contribution >= 0.6 is 0 Å². The SMILES string of the molecule is C[C@H](NCc1ccc2c(c1)OCO2)c1ccccn1. The number of nitrogens with one attached hydrogen (secondary N) is 1. The molecule has 0 aliphatic carbocycles. The highest BCUT2D eigenvalue weighted by Gasteiger charge is 2.13. The lowest BCUT2D eigenvalue weighted by atomic mass is 10.1. The van der Waals surface area contributed by atoms with Gasteiger partial charge in [0.05, 0.1) is 5.69 Å². The Labute approximate surface area is 112 Å². The molecule has 1 N–H and O–H groups in total. The maximum Gasteiger partial charge on any atom is 0.231 e. The first-order valence-corrected chi connectivity index (χ1v) is 6.36. The van der Waals surface area contributed by atoms with Gasteiger partial charge in [-0.3, -0.25) is 4.98 Å². The number of ether oxygens (including phenoxy) is 2. The molecule has 1 aliphatic rings. The predicted molar refractivity (Wildman–Crippen MR) is 72.1 cm³/mol. The number of pyridine rings is 1. The molecule has 0 radical (unpaired) electrons. The lowest BCUT2D eigenvalue weighted by Crippen LogP contribution is -2.18. The van der Waals surface area contributed by atoms with Gasteiger partial charge in [-0.15, -0.1) is 0 Å². The van der Waals surface area contributed by atoms with E-state index in [1.54, 1.807) is 0 Å². The molecule has 1 aromatic heterocycles. The van der Waals surface area contributed by atoms with Crippen LogP contribution in [0.4, 0.5) is 0 Å². The third-order valence-corrected chi connectivity index (χ3v) is 3.18. The van der Waals surface area contributed by atoms with Crippen molar-refractivity contribution in [2.45, 2.75) is 19.5 Å². The number of nitrogens with zero attached hydrogens (tertiary/aromatic N) is 1. The number of fused-ring (bicyclic) bond motifs is 1. The van der Waals surface area contributed by atoms with Gasteiger partial charge in [0.2, 0.25) is 6.79 Å². The van der Waals surface area contributed by atoms with Crippen LogP contribution in [0.5, 0.6) is 11.5 Å². The molecule has 2 aromatic rings. The summed E-state index contributed by atoms with van der Waals surface area (Å²) in [7, 11) is 0. The zero-order chi connectivity index (χ0) is 13.1. The van der Waals surface area contributed by atoms with E-state index in [0.717, 1.165) is 23.7 Å². The molecule has 2 heterocycles. The average Bonchev–Trinajstić information content (AvgIpc) is 2.93. The third-order valence-electron chi connectivity index (χ3n) is 3.18. The van der Waals surface area contributed by atoms with Gasteiger partial charge < -0.3 is 14.8 Å². The van der Waals surface area contributed by atoms with Crippen LogP contribution in [0.1, 0.15) is 24.2 Å². The fourth-order valence-electron chi connectivity index (χ4n) is 2.06. The fourth-order valence-corrected chi connectivity index (χ4v) is 2.06. The van der Waals surface area contributed by atoms with E-state index in [1.807, 2.05) is 42.6 Å². The standard InChI is InChI=1S/C15H16N2O2/c1-11(13-4-2-3-7-16-13)17-9-12-5-6-14-15(8-12)19-10-18-14/h2-8,11,17H,9-10H2,1H3/t11-/m0/s1. The van der Waals surface area contributed by atoms with Gasteiger partial charge >= 0.3 is 0 Å². The monoisotopic (exact) mass is 256 g/mol. The summed E-state index contributed by atoms with van der Waals surface area (Å²) in [6.07, 6.45) is 1.81. The molecule has 0 bridgehead atoms. The zero-order valence-electron chi connectivity index (χ0n) is 10.8. The molecule has 0 saturated heterocycles. The molecule has 1 aromatic carbocycles. The minimum Gasteiger partial charge on any atom is -0.454 e. The first-order chi connectivity index (χ1) is 9.33. The van der Waals surface area contributed by atoms with Crippen molar-refractivity contribution in [1.82, 2.24) is 10.3 Å². The van der Waals surface area contributed by atoms with Crippen LogP contribution in [0.25, 0.3) is 0 Å². The predicted octanol–water partition coefficient (Wildman–Crippen LogP) is 2.66. The molecular formula is C15H16N2O2. The molecule has 19 heavy (non-hydrogen) atoms. The maximum atomic E-state index is 5.37. The second kappa shape index (κ2) is 5.28. The Morgan fingerprint density at radius 1 is 1.21 bits per heavy atom. The van der Waals surface area contributed by atoms with Crippen molar-refractivity contribution in [2.24, 2.45) is 0 Å². The Bertz CT molecular complexity index is 557. The number of hydrogen-bond donors (Lipinski definition) is 1. The second-order valence-electron chi connectivity index (χ2n) is 4.54. The number of aromatic nitrogens is 1. The quantitative estimate of drug-likeness (QED) is 0.913. The number of benzene rings is 1. The van der Waals surface area contributed by atoms with Crippen LogP contribution in [0, 0.1) is 0 Å². The van der Waals surface area contributed by atoms with E-state index >= 15 is 0 Å². The molecule has 1 aliphatic heterocycles. The zero-order valence-corrected chi connectivity index (χ0v) is 10.8. The Hall–Kier alpha value is -2.07. The lowest BCUT2D eigenvalue weighted by molar-refractivity contribution is 0.174. The van der Waals surface area contributed by atoms with Gasteiger partial charge in [0.1, 0.15) is 0 Å². The van der Waals surface area contributed by atoms with E-state index in [0.29, 0.717) is 6.79 Å². The summed E-state index contributed by atoms with van der Waals surface area (Å²) in [6.45, 7) is 3.19. The van der Waals surface area contributed by atoms with Gasteiger partial charge in [0.15, 0.2) is 11.5 Å². The minimum atomic E-state index is 0.214. The molecule has 4 heteroatoms. The molecule has 3 rings (SSSR count). The third kappa shape index (κ3) is 2.69. The number of hydrogen-bond acceptors (Lipinski definition) is 4. The van der Waals surface area contributed by atoms with Crippen molar-refractivity contribution in [3.05, 3.63) is 53.9 Å². The molecule has 4 nitrogen and oxygen atoms in total. The molecular weight excluding hydrogens is 240 g/mol. The molecule has 1 atom stereocenters. The van der Waals surface area contributed by atoms with Crippen molar-refractivity contribution in [1.29, 1.82) is 0 Å². The maximum absolute atomic E-state index is 5.37. The highest BCUT2D eigenvalue weighted by atomic mass is 16.7. The van der Waals surface area contributed by atoms with Gasteiger partial charge in [-0.25, -0.2) is 0 Å². The van der Waals surface area contributed by atoms with Gasteiger partial charge in [0, 0.05) is 18.8 Å². The van der Waals surface area contributed by atoms with Crippen LogP contribution in [0.15, 0.2) is 42.6 Å². The Balaban J connectivity index is 1.63. The highest BCUT2D eigenvalue weighted by Crippen LogP contribution is 2.32. The van der Waals surface area contributed by atoms with Gasteiger partial charge in [-0.05, 0) is 36.8 Å². The Morgan fingerprint density at radius 3 is 2.95 bits per heavy atom. The highest BCUT2D eigenvalue weighted by molar-refractivity contribution is 5.44. The lowest BCUT2D eigenvalue weighted by Gasteiger charge is -2.13. The average molecular weight is 256 g/mol. The molecule has 0 amide bonds. The molecule has 0 fully saturated rings. The largest absolute Gasteiger partial charge is 0.454 e. The minimum absolute atomic E-state index is 0.214. The summed E-state index contributed by atoms with van der Waals surface area (Å²) in [5.41, 5.74) is 2.22. The smallest absolute Gasteiger partial charge is 0.231 e. The van der Waals surface area contributed by atoms with Crippen molar-refractivity contribution in [3.8, 4) is 11.5 Å². The number of rotatable bonds is 4. The topological polar surface area (TPSA) is 43.4 Å². The summed E-state index contributed by atoms with van der Waals surface area (Å²) in [6, 6.07) is 12.2. The summed E-state index contributed by atoms with van der Waals surface area (Å²) in [5, 5.41) is 3.45. The van der Waals surface area contributed by atoms with Crippen molar-refractivity contribution < 1.29 is 9.47 Å². The fraction of sp³-hybridized carbons (Fsp3) is 0.267. The first-order valence-electron chi connectivity index (χ1n) is 6.36. The molecule has 0 saturated carbocycles.